The van der Waals surface area contributed by atoms with Crippen LogP contribution in [-0.4, -0.2) is 43.2 Å². The fourth-order valence-electron chi connectivity index (χ4n) is 4.68. The number of hydrogen-bond acceptors (Lipinski definition) is 9. The number of unbranched alkanes of at least 4 members (excludes halogenated alkanes) is 9. The van der Waals surface area contributed by atoms with Gasteiger partial charge in [0.2, 0.25) is 0 Å². The molecule has 48 heavy (non-hydrogen) atoms. The molecule has 0 aromatic heterocycles. The van der Waals surface area contributed by atoms with Crippen molar-refractivity contribution in [2.45, 2.75) is 97.5 Å². The highest BCUT2D eigenvalue weighted by atomic mass is 16.6. The SMILES string of the molecule is CCCCCCCCCOc1ccc(C(=O)Oc2ccc(C(=O)Oc3ccc(C(=O)OC(C)C(=O)OCCCCCC)cc3)cc2)cc1. The van der Waals surface area contributed by atoms with Gasteiger partial charge in [0, 0.05) is 0 Å². The van der Waals surface area contributed by atoms with Crippen LogP contribution >= 0.6 is 0 Å². The lowest BCUT2D eigenvalue weighted by Crippen LogP contribution is -2.26. The summed E-state index contributed by atoms with van der Waals surface area (Å²) in [5, 5.41) is 0. The van der Waals surface area contributed by atoms with Gasteiger partial charge in [0.05, 0.1) is 29.9 Å². The Kier molecular flexibility index (Phi) is 16.7. The molecule has 0 saturated heterocycles. The monoisotopic (exact) mass is 660 g/mol. The van der Waals surface area contributed by atoms with Crippen molar-refractivity contribution in [2.24, 2.45) is 0 Å². The number of benzene rings is 3. The van der Waals surface area contributed by atoms with Crippen molar-refractivity contribution in [3.63, 3.8) is 0 Å². The second kappa shape index (κ2) is 21.3. The number of hydrogen-bond donors (Lipinski definition) is 0. The van der Waals surface area contributed by atoms with Gasteiger partial charge >= 0.3 is 23.9 Å². The number of esters is 4. The molecular weight excluding hydrogens is 612 g/mol. The van der Waals surface area contributed by atoms with E-state index in [2.05, 4.69) is 13.8 Å². The molecule has 0 spiro atoms. The largest absolute Gasteiger partial charge is 0.494 e. The fraction of sp³-hybridized carbons (Fsp3) is 0.436. The maximum atomic E-state index is 12.7. The highest BCUT2D eigenvalue weighted by Crippen LogP contribution is 2.20. The van der Waals surface area contributed by atoms with Gasteiger partial charge in [-0.3, -0.25) is 0 Å². The first-order valence-electron chi connectivity index (χ1n) is 17.1. The molecule has 0 aliphatic carbocycles. The van der Waals surface area contributed by atoms with Gasteiger partial charge in [-0.25, -0.2) is 19.2 Å². The molecular formula is C39H48O9. The van der Waals surface area contributed by atoms with Crippen molar-refractivity contribution in [3.8, 4) is 17.2 Å². The molecule has 9 heteroatoms. The first-order chi connectivity index (χ1) is 23.3. The van der Waals surface area contributed by atoms with Crippen molar-refractivity contribution < 1.29 is 42.9 Å². The van der Waals surface area contributed by atoms with Crippen molar-refractivity contribution in [3.05, 3.63) is 89.5 Å². The smallest absolute Gasteiger partial charge is 0.347 e. The highest BCUT2D eigenvalue weighted by molar-refractivity contribution is 5.93. The summed E-state index contributed by atoms with van der Waals surface area (Å²) in [5.41, 5.74) is 0.804. The average molecular weight is 661 g/mol. The zero-order chi connectivity index (χ0) is 34.6. The van der Waals surface area contributed by atoms with Crippen molar-refractivity contribution in [1.29, 1.82) is 0 Å². The Labute approximate surface area is 283 Å². The molecule has 0 N–H and O–H groups in total. The van der Waals surface area contributed by atoms with E-state index in [9.17, 15) is 19.2 Å². The van der Waals surface area contributed by atoms with Gasteiger partial charge in [-0.1, -0.05) is 71.6 Å². The van der Waals surface area contributed by atoms with Crippen molar-refractivity contribution >= 4 is 23.9 Å². The fourth-order valence-corrected chi connectivity index (χ4v) is 4.68. The average Bonchev–Trinajstić information content (AvgIpc) is 3.10. The molecule has 0 radical (unpaired) electrons. The first-order valence-corrected chi connectivity index (χ1v) is 17.1. The Bertz CT molecular complexity index is 1410. The maximum absolute atomic E-state index is 12.7. The molecule has 258 valence electrons. The zero-order valence-electron chi connectivity index (χ0n) is 28.4. The van der Waals surface area contributed by atoms with Gasteiger partial charge in [-0.15, -0.1) is 0 Å². The Morgan fingerprint density at radius 2 is 0.896 bits per heavy atom. The Morgan fingerprint density at radius 1 is 0.500 bits per heavy atom. The molecule has 0 bridgehead atoms. The minimum Gasteiger partial charge on any atom is -0.494 e. The van der Waals surface area contributed by atoms with E-state index >= 15 is 0 Å². The summed E-state index contributed by atoms with van der Waals surface area (Å²) in [6, 6.07) is 18.6. The van der Waals surface area contributed by atoms with Crippen molar-refractivity contribution in [1.82, 2.24) is 0 Å². The summed E-state index contributed by atoms with van der Waals surface area (Å²) in [7, 11) is 0. The third-order valence-electron chi connectivity index (χ3n) is 7.57. The van der Waals surface area contributed by atoms with E-state index in [0.717, 1.165) is 38.5 Å². The summed E-state index contributed by atoms with van der Waals surface area (Å²) in [6.45, 7) is 6.70. The van der Waals surface area contributed by atoms with Crippen molar-refractivity contribution in [2.75, 3.05) is 13.2 Å². The van der Waals surface area contributed by atoms with E-state index in [1.54, 1.807) is 24.3 Å². The third-order valence-corrected chi connectivity index (χ3v) is 7.57. The van der Waals surface area contributed by atoms with E-state index in [4.69, 9.17) is 23.7 Å². The minimum atomic E-state index is -1.05. The Morgan fingerprint density at radius 3 is 1.40 bits per heavy atom. The predicted octanol–water partition coefficient (Wildman–Crippen LogP) is 8.92. The van der Waals surface area contributed by atoms with Gasteiger partial charge in [0.15, 0.2) is 6.10 Å². The molecule has 9 nitrogen and oxygen atoms in total. The predicted molar refractivity (Wildman–Crippen MR) is 183 cm³/mol. The van der Waals surface area contributed by atoms with Gasteiger partial charge in [-0.2, -0.15) is 0 Å². The van der Waals surface area contributed by atoms with Crippen LogP contribution in [0.3, 0.4) is 0 Å². The van der Waals surface area contributed by atoms with E-state index in [1.807, 2.05) is 0 Å². The summed E-state index contributed by atoms with van der Waals surface area (Å²) in [6.07, 6.45) is 11.3. The van der Waals surface area contributed by atoms with E-state index in [-0.39, 0.29) is 22.6 Å². The molecule has 1 unspecified atom stereocenters. The number of ether oxygens (including phenoxy) is 5. The van der Waals surface area contributed by atoms with Crippen LogP contribution in [0.25, 0.3) is 0 Å². The molecule has 3 aromatic carbocycles. The standard InChI is InChI=1S/C39H48O9/c1-4-6-8-10-11-12-14-27-44-33-21-15-31(16-22-33)38(42)47-35-25-19-32(20-26-35)39(43)48-34-23-17-30(18-24-34)37(41)46-29(3)36(40)45-28-13-9-7-5-2/h15-26,29H,4-14,27-28H2,1-3H3. The van der Waals surface area contributed by atoms with Crippen LogP contribution in [0.4, 0.5) is 0 Å². The first kappa shape index (κ1) is 37.8. The zero-order valence-corrected chi connectivity index (χ0v) is 28.4. The molecule has 0 aliphatic heterocycles. The molecule has 0 heterocycles. The van der Waals surface area contributed by atoms with Crippen LogP contribution in [0.15, 0.2) is 72.8 Å². The Balaban J connectivity index is 1.40. The number of carbonyl (C=O) groups excluding carboxylic acids is 4. The van der Waals surface area contributed by atoms with Gasteiger partial charge in [-0.05, 0) is 92.6 Å². The quantitative estimate of drug-likeness (QED) is 0.0627. The molecule has 3 rings (SSSR count). The molecule has 1 atom stereocenters. The summed E-state index contributed by atoms with van der Waals surface area (Å²) in [4.78, 5) is 49.8. The van der Waals surface area contributed by atoms with Gasteiger partial charge in [0.1, 0.15) is 17.2 Å². The summed E-state index contributed by atoms with van der Waals surface area (Å²) in [5.74, 6) is -1.28. The second-order valence-corrected chi connectivity index (χ2v) is 11.6. The van der Waals surface area contributed by atoms with Crippen LogP contribution < -0.4 is 14.2 Å². The maximum Gasteiger partial charge on any atom is 0.347 e. The third kappa shape index (κ3) is 13.6. The Hall–Kier alpha value is -4.66. The van der Waals surface area contributed by atoms with Crippen LogP contribution in [0.1, 0.15) is 122 Å². The van der Waals surface area contributed by atoms with E-state index in [1.165, 1.54) is 87.6 Å². The lowest BCUT2D eigenvalue weighted by Gasteiger charge is -2.13. The van der Waals surface area contributed by atoms with Crippen LogP contribution in [0.2, 0.25) is 0 Å². The lowest BCUT2D eigenvalue weighted by atomic mass is 10.1. The minimum absolute atomic E-state index is 0.189. The molecule has 0 fully saturated rings. The van der Waals surface area contributed by atoms with E-state index < -0.39 is 30.0 Å². The summed E-state index contributed by atoms with van der Waals surface area (Å²) < 4.78 is 27.0. The molecule has 0 amide bonds. The lowest BCUT2D eigenvalue weighted by molar-refractivity contribution is -0.153. The molecule has 3 aromatic rings. The molecule has 0 saturated carbocycles. The van der Waals surface area contributed by atoms with Crippen LogP contribution in [0, 0.1) is 0 Å². The highest BCUT2D eigenvalue weighted by Gasteiger charge is 2.20. The van der Waals surface area contributed by atoms with Gasteiger partial charge in [0.25, 0.3) is 0 Å². The van der Waals surface area contributed by atoms with Gasteiger partial charge < -0.3 is 23.7 Å². The molecule has 0 aliphatic rings. The normalized spacial score (nSPS) is 11.3. The second-order valence-electron chi connectivity index (χ2n) is 11.6. The van der Waals surface area contributed by atoms with E-state index in [0.29, 0.717) is 24.5 Å². The number of carbonyl (C=O) groups is 4. The van der Waals surface area contributed by atoms with Crippen LogP contribution in [-0.2, 0) is 14.3 Å². The summed E-state index contributed by atoms with van der Waals surface area (Å²) >= 11 is 0. The topological polar surface area (TPSA) is 114 Å². The number of rotatable bonds is 21. The van der Waals surface area contributed by atoms with Crippen LogP contribution in [0.5, 0.6) is 17.2 Å².